The molecule has 0 atom stereocenters. The third-order valence-electron chi connectivity index (χ3n) is 7.34. The smallest absolute Gasteiger partial charge is 0.280 e. The van der Waals surface area contributed by atoms with E-state index in [0.717, 1.165) is 55.7 Å². The lowest BCUT2D eigenvalue weighted by molar-refractivity contribution is 0.102. The van der Waals surface area contributed by atoms with E-state index < -0.39 is 18.0 Å². The number of halogens is 2. The second-order valence-corrected chi connectivity index (χ2v) is 11.4. The van der Waals surface area contributed by atoms with Crippen molar-refractivity contribution in [3.63, 3.8) is 0 Å². The number of carbonyl (C=O) groups excluding carboxylic acids is 1. The summed E-state index contributed by atoms with van der Waals surface area (Å²) in [7, 11) is 3.52. The number of piperidine rings is 1. The molecule has 10 nitrogen and oxygen atoms in total. The molecule has 0 radical (unpaired) electrons. The van der Waals surface area contributed by atoms with E-state index in [2.05, 4.69) is 54.4 Å². The number of rotatable bonds is 7. The van der Waals surface area contributed by atoms with Crippen molar-refractivity contribution >= 4 is 22.4 Å². The van der Waals surface area contributed by atoms with E-state index in [1.165, 1.54) is 25.6 Å². The van der Waals surface area contributed by atoms with Crippen LogP contribution in [-0.4, -0.2) is 68.0 Å². The fourth-order valence-corrected chi connectivity index (χ4v) is 5.38. The molecule has 1 aliphatic carbocycles. The number of nitrogens with one attached hydrogen (secondary N) is 1. The Bertz CT molecular complexity index is 1670. The maximum absolute atomic E-state index is 13.7. The Morgan fingerprint density at radius 2 is 1.90 bits per heavy atom. The number of methoxy groups -OCH3 is 1. The lowest BCUT2D eigenvalue weighted by atomic mass is 9.98. The predicted molar refractivity (Wildman–Crippen MR) is 153 cm³/mol. The van der Waals surface area contributed by atoms with Gasteiger partial charge in [0.2, 0.25) is 5.13 Å². The third kappa shape index (κ3) is 6.14. The van der Waals surface area contributed by atoms with Crippen molar-refractivity contribution in [2.45, 2.75) is 38.2 Å². The Balaban J connectivity index is 1.36. The van der Waals surface area contributed by atoms with Crippen molar-refractivity contribution in [1.29, 1.82) is 0 Å². The molecule has 5 heterocycles. The van der Waals surface area contributed by atoms with Gasteiger partial charge in [-0.2, -0.15) is 5.10 Å². The van der Waals surface area contributed by atoms with Crippen LogP contribution >= 0.6 is 11.3 Å². The van der Waals surface area contributed by atoms with Crippen LogP contribution in [-0.2, 0) is 0 Å². The maximum Gasteiger partial charge on any atom is 0.280 e. The summed E-state index contributed by atoms with van der Waals surface area (Å²) in [6.45, 7) is 1.98. The van der Waals surface area contributed by atoms with Crippen LogP contribution in [0.2, 0.25) is 0 Å². The first-order valence-electron chi connectivity index (χ1n) is 13.6. The molecule has 2 fully saturated rings. The number of pyridine rings is 2. The molecular formula is C29H28F2N8O2S. The SMILES string of the molecule is COc1cnc(C(F)F)cc1-c1cc(-c2cnn(C3CCN(C)CC3)c2)ncc1C(=O)Nc1nnc(C#CC2CC2)s1. The van der Waals surface area contributed by atoms with Gasteiger partial charge >= 0.3 is 0 Å². The molecule has 2 aliphatic rings. The minimum Gasteiger partial charge on any atom is -0.494 e. The number of carbonyl (C=O) groups is 1. The van der Waals surface area contributed by atoms with Gasteiger partial charge in [0.05, 0.1) is 36.8 Å². The monoisotopic (exact) mass is 590 g/mol. The van der Waals surface area contributed by atoms with Crippen LogP contribution in [0.3, 0.4) is 0 Å². The van der Waals surface area contributed by atoms with Crippen LogP contribution < -0.4 is 10.1 Å². The van der Waals surface area contributed by atoms with Gasteiger partial charge in [0.15, 0.2) is 5.01 Å². The van der Waals surface area contributed by atoms with Crippen molar-refractivity contribution in [2.75, 3.05) is 32.6 Å². The predicted octanol–water partition coefficient (Wildman–Crippen LogP) is 5.09. The molecule has 1 amide bonds. The zero-order valence-corrected chi connectivity index (χ0v) is 23.9. The first-order valence-corrected chi connectivity index (χ1v) is 14.4. The van der Waals surface area contributed by atoms with Gasteiger partial charge in [-0.1, -0.05) is 17.3 Å². The molecule has 0 bridgehead atoms. The molecular weight excluding hydrogens is 562 g/mol. The number of hydrogen-bond donors (Lipinski definition) is 1. The molecule has 0 spiro atoms. The van der Waals surface area contributed by atoms with Gasteiger partial charge in [-0.3, -0.25) is 24.8 Å². The topological polar surface area (TPSA) is 111 Å². The first-order chi connectivity index (χ1) is 20.4. The van der Waals surface area contributed by atoms with Crippen molar-refractivity contribution in [3.8, 4) is 40.0 Å². The number of hydrogen-bond acceptors (Lipinski definition) is 9. The highest BCUT2D eigenvalue weighted by atomic mass is 32.1. The van der Waals surface area contributed by atoms with Gasteiger partial charge in [-0.05, 0) is 63.9 Å². The number of ether oxygens (including phenoxy) is 1. The van der Waals surface area contributed by atoms with E-state index >= 15 is 0 Å². The minimum absolute atomic E-state index is 0.145. The van der Waals surface area contributed by atoms with Crippen LogP contribution in [0.1, 0.15) is 59.2 Å². The molecule has 1 aliphatic heterocycles. The minimum atomic E-state index is -2.81. The zero-order valence-electron chi connectivity index (χ0n) is 23.0. The van der Waals surface area contributed by atoms with Gasteiger partial charge in [0.25, 0.3) is 12.3 Å². The van der Waals surface area contributed by atoms with E-state index in [9.17, 15) is 13.6 Å². The number of likely N-dealkylation sites (tertiary alicyclic amines) is 1. The summed E-state index contributed by atoms with van der Waals surface area (Å²) >= 11 is 1.16. The summed E-state index contributed by atoms with van der Waals surface area (Å²) in [5, 5.41) is 16.2. The molecule has 42 heavy (non-hydrogen) atoms. The summed E-state index contributed by atoms with van der Waals surface area (Å²) in [5.41, 5.74) is 1.62. The van der Waals surface area contributed by atoms with E-state index in [1.54, 1.807) is 12.3 Å². The molecule has 0 unspecified atom stereocenters. The summed E-state index contributed by atoms with van der Waals surface area (Å²) in [6.07, 6.45) is 7.65. The molecule has 1 saturated carbocycles. The maximum atomic E-state index is 13.7. The number of alkyl halides is 2. The van der Waals surface area contributed by atoms with Crippen molar-refractivity contribution < 1.29 is 18.3 Å². The third-order valence-corrected chi connectivity index (χ3v) is 8.09. The summed E-state index contributed by atoms with van der Waals surface area (Å²) in [6, 6.07) is 3.20. The van der Waals surface area contributed by atoms with Crippen molar-refractivity contribution in [1.82, 2.24) is 34.8 Å². The first kappa shape index (κ1) is 27.9. The standard InChI is InChI=1S/C29H28F2N8O2S/c1-38-9-7-19(8-10-38)39-16-18(13-34-39)23-11-20(21-12-24(27(30)31)33-15-25(21)41-2)22(14-32-23)28(40)35-29-37-36-26(42-29)6-5-17-3-4-17/h11-17,19,27H,3-4,7-10H2,1-2H3,(H,35,37,40). The number of nitrogens with zero attached hydrogens (tertiary/aromatic N) is 7. The Morgan fingerprint density at radius 3 is 2.64 bits per heavy atom. The van der Waals surface area contributed by atoms with Gasteiger partial charge in [-0.15, -0.1) is 10.2 Å². The number of anilines is 1. The molecule has 13 heteroatoms. The molecule has 1 saturated heterocycles. The normalized spacial score (nSPS) is 15.8. The lowest BCUT2D eigenvalue weighted by Crippen LogP contribution is -2.31. The van der Waals surface area contributed by atoms with Gasteiger partial charge in [0.1, 0.15) is 11.4 Å². The summed E-state index contributed by atoms with van der Waals surface area (Å²) in [4.78, 5) is 24.2. The van der Waals surface area contributed by atoms with E-state index in [-0.39, 0.29) is 28.0 Å². The zero-order chi connectivity index (χ0) is 29.2. The second-order valence-electron chi connectivity index (χ2n) is 10.4. The van der Waals surface area contributed by atoms with E-state index in [4.69, 9.17) is 4.74 Å². The van der Waals surface area contributed by atoms with Gasteiger partial charge in [0, 0.05) is 35.0 Å². The van der Waals surface area contributed by atoms with Gasteiger partial charge in [-0.25, -0.2) is 8.78 Å². The Labute approximate surface area is 245 Å². The molecule has 4 aromatic heterocycles. The molecule has 1 N–H and O–H groups in total. The van der Waals surface area contributed by atoms with Crippen LogP contribution in [0, 0.1) is 17.8 Å². The Hall–Kier alpha value is -4.28. The van der Waals surface area contributed by atoms with Crippen LogP contribution in [0.25, 0.3) is 22.4 Å². The summed E-state index contributed by atoms with van der Waals surface area (Å²) < 4.78 is 34.8. The highest BCUT2D eigenvalue weighted by Crippen LogP contribution is 2.37. The molecule has 6 rings (SSSR count). The van der Waals surface area contributed by atoms with Crippen LogP contribution in [0.4, 0.5) is 13.9 Å². The molecule has 216 valence electrons. The van der Waals surface area contributed by atoms with Gasteiger partial charge < -0.3 is 9.64 Å². The highest BCUT2D eigenvalue weighted by Gasteiger charge is 2.24. The average molecular weight is 591 g/mol. The van der Waals surface area contributed by atoms with Crippen molar-refractivity contribution in [2.24, 2.45) is 5.92 Å². The van der Waals surface area contributed by atoms with E-state index in [1.807, 2.05) is 10.9 Å². The fraction of sp³-hybridized carbons (Fsp3) is 0.379. The van der Waals surface area contributed by atoms with E-state index in [0.29, 0.717) is 22.2 Å². The van der Waals surface area contributed by atoms with Crippen LogP contribution in [0.5, 0.6) is 5.75 Å². The number of amides is 1. The average Bonchev–Trinajstić information content (AvgIpc) is 3.51. The fourth-order valence-electron chi connectivity index (χ4n) is 4.78. The van der Waals surface area contributed by atoms with Crippen LogP contribution in [0.15, 0.2) is 36.9 Å². The largest absolute Gasteiger partial charge is 0.494 e. The Morgan fingerprint density at radius 1 is 1.10 bits per heavy atom. The second kappa shape index (κ2) is 11.9. The number of aromatic nitrogens is 6. The molecule has 0 aromatic carbocycles. The molecule has 4 aromatic rings. The Kier molecular flexibility index (Phi) is 7.90. The van der Waals surface area contributed by atoms with Crippen molar-refractivity contribution in [3.05, 3.63) is 53.2 Å². The lowest BCUT2D eigenvalue weighted by Gasteiger charge is -2.28. The summed E-state index contributed by atoms with van der Waals surface area (Å²) in [5.74, 6) is 6.23. The quantitative estimate of drug-likeness (QED) is 0.297. The highest BCUT2D eigenvalue weighted by molar-refractivity contribution is 7.15.